The molecule has 0 spiro atoms. The van der Waals surface area contributed by atoms with Gasteiger partial charge in [0.25, 0.3) is 0 Å². The zero-order valence-electron chi connectivity index (χ0n) is 19.0. The molecule has 0 radical (unpaired) electrons. The molecule has 4 aliphatic carbocycles. The summed E-state index contributed by atoms with van der Waals surface area (Å²) in [6.07, 6.45) is 9.31. The fourth-order valence-electron chi connectivity index (χ4n) is 5.88. The summed E-state index contributed by atoms with van der Waals surface area (Å²) >= 11 is 0. The third-order valence-corrected chi connectivity index (χ3v) is 8.37. The third kappa shape index (κ3) is 3.40. The van der Waals surface area contributed by atoms with Crippen LogP contribution in [0.5, 0.6) is 0 Å². The van der Waals surface area contributed by atoms with Crippen LogP contribution in [-0.2, 0) is 5.41 Å². The van der Waals surface area contributed by atoms with E-state index in [1.807, 2.05) is 12.1 Å². The molecule has 4 saturated carbocycles. The number of nitrogens with zero attached hydrogens (tertiary/aromatic N) is 3. The van der Waals surface area contributed by atoms with Crippen molar-refractivity contribution in [2.24, 2.45) is 5.41 Å². The van der Waals surface area contributed by atoms with Gasteiger partial charge in [-0.25, -0.2) is 9.37 Å². The summed E-state index contributed by atoms with van der Waals surface area (Å²) in [5.41, 5.74) is 3.46. The van der Waals surface area contributed by atoms with Gasteiger partial charge in [0.1, 0.15) is 11.3 Å². The summed E-state index contributed by atoms with van der Waals surface area (Å²) in [5.74, 6) is 2.55. The highest BCUT2D eigenvalue weighted by Crippen LogP contribution is 2.57. The molecule has 0 saturated heterocycles. The molecule has 174 valence electrons. The average Bonchev–Trinajstić information content (AvgIpc) is 3.44. The van der Waals surface area contributed by atoms with Gasteiger partial charge in [0, 0.05) is 35.2 Å². The summed E-state index contributed by atoms with van der Waals surface area (Å²) in [6, 6.07) is 12.5. The van der Waals surface area contributed by atoms with Crippen molar-refractivity contribution in [1.29, 1.82) is 0 Å². The van der Waals surface area contributed by atoms with Gasteiger partial charge in [-0.2, -0.15) is 4.98 Å². The van der Waals surface area contributed by atoms with Crippen LogP contribution in [0.3, 0.4) is 0 Å². The molecule has 2 aromatic heterocycles. The van der Waals surface area contributed by atoms with Crippen LogP contribution in [0, 0.1) is 11.2 Å². The van der Waals surface area contributed by atoms with E-state index in [-0.39, 0.29) is 11.2 Å². The number of anilines is 1. The van der Waals surface area contributed by atoms with Gasteiger partial charge < -0.3 is 14.3 Å². The summed E-state index contributed by atoms with van der Waals surface area (Å²) in [7, 11) is 0. The highest BCUT2D eigenvalue weighted by molar-refractivity contribution is 5.76. The van der Waals surface area contributed by atoms with Crippen LogP contribution in [0.2, 0.25) is 0 Å². The Morgan fingerprint density at radius 2 is 1.79 bits per heavy atom. The van der Waals surface area contributed by atoms with E-state index in [0.717, 1.165) is 48.8 Å². The van der Waals surface area contributed by atoms with E-state index in [0.29, 0.717) is 28.3 Å². The van der Waals surface area contributed by atoms with Gasteiger partial charge in [-0.15, -0.1) is 0 Å². The zero-order chi connectivity index (χ0) is 22.8. The average molecular weight is 459 g/mol. The number of rotatable bonds is 6. The first-order chi connectivity index (χ1) is 16.6. The van der Waals surface area contributed by atoms with Gasteiger partial charge >= 0.3 is 0 Å². The van der Waals surface area contributed by atoms with E-state index in [9.17, 15) is 4.39 Å². The van der Waals surface area contributed by atoms with Crippen molar-refractivity contribution in [2.45, 2.75) is 62.7 Å². The quantitative estimate of drug-likeness (QED) is 0.351. The van der Waals surface area contributed by atoms with Crippen molar-refractivity contribution in [3.05, 3.63) is 60.0 Å². The van der Waals surface area contributed by atoms with Gasteiger partial charge in [0.05, 0.1) is 0 Å². The Morgan fingerprint density at radius 1 is 0.971 bits per heavy atom. The maximum Gasteiger partial charge on any atom is 0.232 e. The second kappa shape index (κ2) is 7.39. The second-order valence-corrected chi connectivity index (χ2v) is 10.6. The SMILES string of the molecule is Fc1ccc2oc(-c3cccc(NCC45CCC(c6nc(C7CC7)no6)(CC4)CC5)c3)nc2c1. The Balaban J connectivity index is 1.04. The summed E-state index contributed by atoms with van der Waals surface area (Å²) in [6.45, 7) is 0.947. The van der Waals surface area contributed by atoms with Crippen LogP contribution in [0.15, 0.2) is 51.4 Å². The molecule has 34 heavy (non-hydrogen) atoms. The Bertz CT molecular complexity index is 1350. The molecule has 0 aliphatic heterocycles. The number of aromatic nitrogens is 3. The topological polar surface area (TPSA) is 77.0 Å². The molecule has 6 nitrogen and oxygen atoms in total. The van der Waals surface area contributed by atoms with Crippen molar-refractivity contribution in [2.75, 3.05) is 11.9 Å². The predicted molar refractivity (Wildman–Crippen MR) is 126 cm³/mol. The lowest BCUT2D eigenvalue weighted by molar-refractivity contribution is 0.0322. The Kier molecular flexibility index (Phi) is 4.38. The molecular weight excluding hydrogens is 431 g/mol. The van der Waals surface area contributed by atoms with E-state index in [2.05, 4.69) is 27.6 Å². The van der Waals surface area contributed by atoms with Crippen molar-refractivity contribution < 1.29 is 13.3 Å². The fraction of sp³-hybridized carbons (Fsp3) is 0.444. The minimum atomic E-state index is -0.312. The number of oxazole rings is 1. The smallest absolute Gasteiger partial charge is 0.232 e. The molecule has 2 heterocycles. The standard InChI is InChI=1S/C27H27FN4O2/c28-19-6-7-22-21(15-19)30-24(33-22)18-2-1-3-20(14-18)29-16-26-8-11-27(12-9-26,13-10-26)25-31-23(32-34-25)17-4-5-17/h1-3,6-7,14-15,17,29H,4-5,8-13,16H2. The number of nitrogens with one attached hydrogen (secondary N) is 1. The molecule has 7 heteroatoms. The molecule has 0 amide bonds. The number of fused-ring (bicyclic) bond motifs is 4. The molecule has 0 unspecified atom stereocenters. The molecule has 8 rings (SSSR count). The van der Waals surface area contributed by atoms with Crippen LogP contribution in [0.25, 0.3) is 22.6 Å². The summed E-state index contributed by atoms with van der Waals surface area (Å²) < 4.78 is 25.1. The van der Waals surface area contributed by atoms with Crippen LogP contribution < -0.4 is 5.32 Å². The lowest BCUT2D eigenvalue weighted by Crippen LogP contribution is -2.47. The molecule has 4 fully saturated rings. The first-order valence-electron chi connectivity index (χ1n) is 12.3. The maximum atomic E-state index is 13.5. The van der Waals surface area contributed by atoms with E-state index in [4.69, 9.17) is 13.9 Å². The van der Waals surface area contributed by atoms with Crippen molar-refractivity contribution in [3.63, 3.8) is 0 Å². The molecule has 2 aromatic carbocycles. The molecule has 0 atom stereocenters. The Hall–Kier alpha value is -3.22. The number of halogens is 1. The lowest BCUT2D eigenvalue weighted by Gasteiger charge is -2.52. The van der Waals surface area contributed by atoms with Gasteiger partial charge in [0.15, 0.2) is 11.4 Å². The second-order valence-electron chi connectivity index (χ2n) is 10.6. The maximum absolute atomic E-state index is 13.5. The van der Waals surface area contributed by atoms with Crippen LogP contribution >= 0.6 is 0 Å². The molecule has 4 aliphatic rings. The van der Waals surface area contributed by atoms with Crippen LogP contribution in [-0.4, -0.2) is 21.7 Å². The monoisotopic (exact) mass is 458 g/mol. The highest BCUT2D eigenvalue weighted by Gasteiger charge is 2.52. The van der Waals surface area contributed by atoms with Crippen molar-refractivity contribution >= 4 is 16.8 Å². The minimum absolute atomic E-state index is 0.0915. The van der Waals surface area contributed by atoms with E-state index in [1.54, 1.807) is 6.07 Å². The van der Waals surface area contributed by atoms with Gasteiger partial charge in [-0.05, 0) is 87.1 Å². The zero-order valence-corrected chi connectivity index (χ0v) is 19.0. The fourth-order valence-corrected chi connectivity index (χ4v) is 5.88. The first kappa shape index (κ1) is 20.2. The van der Waals surface area contributed by atoms with Crippen LogP contribution in [0.1, 0.15) is 69.0 Å². The molecule has 2 bridgehead atoms. The van der Waals surface area contributed by atoms with Gasteiger partial charge in [-0.3, -0.25) is 0 Å². The number of hydrogen-bond acceptors (Lipinski definition) is 6. The van der Waals surface area contributed by atoms with Crippen molar-refractivity contribution in [1.82, 2.24) is 15.1 Å². The highest BCUT2D eigenvalue weighted by atomic mass is 19.1. The molecular formula is C27H27FN4O2. The minimum Gasteiger partial charge on any atom is -0.436 e. The van der Waals surface area contributed by atoms with Crippen LogP contribution in [0.4, 0.5) is 10.1 Å². The Labute approximate surface area is 197 Å². The van der Waals surface area contributed by atoms with E-state index >= 15 is 0 Å². The normalized spacial score (nSPS) is 26.3. The first-order valence-corrected chi connectivity index (χ1v) is 12.3. The summed E-state index contributed by atoms with van der Waals surface area (Å²) in [5, 5.41) is 7.96. The Morgan fingerprint density at radius 3 is 2.59 bits per heavy atom. The van der Waals surface area contributed by atoms with E-state index < -0.39 is 0 Å². The molecule has 1 N–H and O–H groups in total. The largest absolute Gasteiger partial charge is 0.436 e. The lowest BCUT2D eigenvalue weighted by atomic mass is 9.53. The van der Waals surface area contributed by atoms with Gasteiger partial charge in [0.2, 0.25) is 11.8 Å². The van der Waals surface area contributed by atoms with E-state index in [1.165, 1.54) is 44.2 Å². The third-order valence-electron chi connectivity index (χ3n) is 8.37. The number of benzene rings is 2. The number of hydrogen-bond donors (Lipinski definition) is 1. The van der Waals surface area contributed by atoms with Crippen molar-refractivity contribution in [3.8, 4) is 11.5 Å². The van der Waals surface area contributed by atoms with Gasteiger partial charge in [-0.1, -0.05) is 11.2 Å². The molecule has 4 aromatic rings. The summed E-state index contributed by atoms with van der Waals surface area (Å²) in [4.78, 5) is 9.28. The predicted octanol–water partition coefficient (Wildman–Crippen LogP) is 6.60.